The Kier molecular flexibility index (Phi) is 6.53. The van der Waals surface area contributed by atoms with Crippen molar-refractivity contribution in [2.24, 2.45) is 0 Å². The molecule has 0 aliphatic heterocycles. The Balaban J connectivity index is 1.52. The SMILES string of the molecule is CC(C)N(C(=O)c1ccc(Cl)cc1Br)c1nn(-c2ccc(-c3cc4ncccn4n3)cc2)cc1C(=O)O. The molecular weight excluding hydrogens is 560 g/mol. The fourth-order valence-corrected chi connectivity index (χ4v) is 4.80. The molecule has 0 unspecified atom stereocenters. The summed E-state index contributed by atoms with van der Waals surface area (Å²) in [6.45, 7) is 3.59. The van der Waals surface area contributed by atoms with Crippen LogP contribution in [0.4, 0.5) is 5.82 Å². The van der Waals surface area contributed by atoms with Gasteiger partial charge < -0.3 is 5.11 Å². The molecule has 5 rings (SSSR count). The highest BCUT2D eigenvalue weighted by Gasteiger charge is 2.30. The Morgan fingerprint density at radius 3 is 2.46 bits per heavy atom. The molecule has 9 nitrogen and oxygen atoms in total. The van der Waals surface area contributed by atoms with Crippen LogP contribution in [0, 0.1) is 0 Å². The van der Waals surface area contributed by atoms with Crippen molar-refractivity contribution >= 4 is 50.9 Å². The van der Waals surface area contributed by atoms with Crippen molar-refractivity contribution in [3.63, 3.8) is 0 Å². The Hall–Kier alpha value is -4.02. The number of hydrogen-bond donors (Lipinski definition) is 1. The molecule has 1 amide bonds. The smallest absolute Gasteiger partial charge is 0.341 e. The van der Waals surface area contributed by atoms with Crippen molar-refractivity contribution in [3.05, 3.63) is 93.8 Å². The van der Waals surface area contributed by atoms with Gasteiger partial charge in [0.1, 0.15) is 5.56 Å². The summed E-state index contributed by atoms with van der Waals surface area (Å²) in [4.78, 5) is 31.3. The maximum Gasteiger partial charge on any atom is 0.341 e. The van der Waals surface area contributed by atoms with Gasteiger partial charge in [0.2, 0.25) is 0 Å². The van der Waals surface area contributed by atoms with Gasteiger partial charge in [0.15, 0.2) is 11.5 Å². The lowest BCUT2D eigenvalue weighted by molar-refractivity contribution is 0.0697. The third kappa shape index (κ3) is 4.73. The highest BCUT2D eigenvalue weighted by Crippen LogP contribution is 2.29. The van der Waals surface area contributed by atoms with Gasteiger partial charge in [-0.05, 0) is 66.2 Å². The molecule has 3 heterocycles. The van der Waals surface area contributed by atoms with Crippen molar-refractivity contribution in [1.82, 2.24) is 24.4 Å². The van der Waals surface area contributed by atoms with Crippen LogP contribution in [-0.4, -0.2) is 47.4 Å². The number of anilines is 1. The number of carboxylic acid groups (broad SMARTS) is 1. The lowest BCUT2D eigenvalue weighted by atomic mass is 10.1. The van der Waals surface area contributed by atoms with Crippen molar-refractivity contribution in [3.8, 4) is 16.9 Å². The lowest BCUT2D eigenvalue weighted by Crippen LogP contribution is -2.38. The van der Waals surface area contributed by atoms with E-state index in [4.69, 9.17) is 11.6 Å². The maximum absolute atomic E-state index is 13.5. The van der Waals surface area contributed by atoms with E-state index in [0.717, 1.165) is 16.9 Å². The minimum atomic E-state index is -1.19. The molecule has 186 valence electrons. The van der Waals surface area contributed by atoms with Gasteiger partial charge in [-0.2, -0.15) is 5.10 Å². The fraction of sp³-hybridized carbons (Fsp3) is 0.115. The van der Waals surface area contributed by atoms with Gasteiger partial charge >= 0.3 is 5.97 Å². The fourth-order valence-electron chi connectivity index (χ4n) is 3.95. The van der Waals surface area contributed by atoms with E-state index in [-0.39, 0.29) is 17.4 Å². The van der Waals surface area contributed by atoms with Gasteiger partial charge in [0.25, 0.3) is 5.91 Å². The molecule has 0 spiro atoms. The Labute approximate surface area is 225 Å². The number of nitrogens with zero attached hydrogens (tertiary/aromatic N) is 6. The highest BCUT2D eigenvalue weighted by molar-refractivity contribution is 9.10. The molecule has 3 aromatic heterocycles. The number of aromatic nitrogens is 5. The van der Waals surface area contributed by atoms with Crippen molar-refractivity contribution < 1.29 is 14.7 Å². The zero-order chi connectivity index (χ0) is 26.3. The number of carbonyl (C=O) groups excluding carboxylic acids is 1. The molecule has 0 bridgehead atoms. The molecule has 0 fully saturated rings. The van der Waals surface area contributed by atoms with E-state index in [2.05, 4.69) is 31.1 Å². The Bertz CT molecular complexity index is 1610. The average Bonchev–Trinajstić information content (AvgIpc) is 3.49. The molecule has 0 saturated carbocycles. The molecule has 5 aromatic rings. The van der Waals surface area contributed by atoms with Crippen LogP contribution in [0.25, 0.3) is 22.6 Å². The third-order valence-corrected chi connectivity index (χ3v) is 6.61. The first-order valence-corrected chi connectivity index (χ1v) is 12.4. The summed E-state index contributed by atoms with van der Waals surface area (Å²) >= 11 is 9.41. The van der Waals surface area contributed by atoms with Crippen molar-refractivity contribution in [2.75, 3.05) is 4.90 Å². The van der Waals surface area contributed by atoms with Gasteiger partial charge in [0, 0.05) is 45.8 Å². The molecule has 0 aliphatic rings. The van der Waals surface area contributed by atoms with Crippen LogP contribution in [0.2, 0.25) is 5.02 Å². The summed E-state index contributed by atoms with van der Waals surface area (Å²) < 4.78 is 3.65. The van der Waals surface area contributed by atoms with Crippen LogP contribution in [0.15, 0.2) is 77.7 Å². The van der Waals surface area contributed by atoms with E-state index < -0.39 is 11.9 Å². The largest absolute Gasteiger partial charge is 0.477 e. The normalized spacial score (nSPS) is 11.3. The van der Waals surface area contributed by atoms with Crippen LogP contribution < -0.4 is 4.90 Å². The number of hydrogen-bond acceptors (Lipinski definition) is 5. The number of aromatic carboxylic acids is 1. The quantitative estimate of drug-likeness (QED) is 0.275. The molecule has 1 N–H and O–H groups in total. The molecule has 0 saturated heterocycles. The Morgan fingerprint density at radius 1 is 1.05 bits per heavy atom. The second-order valence-corrected chi connectivity index (χ2v) is 9.80. The lowest BCUT2D eigenvalue weighted by Gasteiger charge is -2.25. The number of carboxylic acids is 1. The predicted molar refractivity (Wildman–Crippen MR) is 144 cm³/mol. The first-order chi connectivity index (χ1) is 17.7. The van der Waals surface area contributed by atoms with Gasteiger partial charge in [-0.25, -0.2) is 19.0 Å². The summed E-state index contributed by atoms with van der Waals surface area (Å²) in [6.07, 6.45) is 4.93. The van der Waals surface area contributed by atoms with E-state index in [1.54, 1.807) is 48.8 Å². The second-order valence-electron chi connectivity index (χ2n) is 8.51. The van der Waals surface area contributed by atoms with Gasteiger partial charge in [-0.3, -0.25) is 9.69 Å². The summed E-state index contributed by atoms with van der Waals surface area (Å²) in [5, 5.41) is 19.4. The third-order valence-electron chi connectivity index (χ3n) is 5.71. The van der Waals surface area contributed by atoms with E-state index in [9.17, 15) is 14.7 Å². The molecule has 0 radical (unpaired) electrons. The van der Waals surface area contributed by atoms with E-state index in [1.807, 2.05) is 36.5 Å². The predicted octanol–water partition coefficient (Wildman–Crippen LogP) is 5.75. The topological polar surface area (TPSA) is 106 Å². The summed E-state index contributed by atoms with van der Waals surface area (Å²) in [6, 6.07) is 15.5. The summed E-state index contributed by atoms with van der Waals surface area (Å²) in [5.74, 6) is -1.55. The molecule has 2 aromatic carbocycles. The summed E-state index contributed by atoms with van der Waals surface area (Å²) in [7, 11) is 0. The second kappa shape index (κ2) is 9.79. The maximum atomic E-state index is 13.5. The average molecular weight is 580 g/mol. The molecule has 0 aliphatic carbocycles. The van der Waals surface area contributed by atoms with Crippen LogP contribution in [0.3, 0.4) is 0 Å². The molecular formula is C26H20BrClN6O3. The first kappa shape index (κ1) is 24.7. The number of carbonyl (C=O) groups is 2. The van der Waals surface area contributed by atoms with E-state index >= 15 is 0 Å². The molecule has 11 heteroatoms. The highest BCUT2D eigenvalue weighted by atomic mass is 79.9. The van der Waals surface area contributed by atoms with Crippen LogP contribution in [-0.2, 0) is 0 Å². The standard InChI is InChI=1S/C26H20BrClN6O3/c1-15(2)34(25(35)19-9-6-17(28)12-21(19)27)24-20(26(36)37)14-33(31-24)18-7-4-16(5-8-18)22-13-23-29-10-3-11-32(23)30-22/h3-15H,1-2H3,(H,36,37). The number of amides is 1. The summed E-state index contributed by atoms with van der Waals surface area (Å²) in [5.41, 5.74) is 3.23. The number of benzene rings is 2. The first-order valence-electron chi connectivity index (χ1n) is 11.3. The molecule has 0 atom stereocenters. The van der Waals surface area contributed by atoms with Crippen molar-refractivity contribution in [2.45, 2.75) is 19.9 Å². The minimum Gasteiger partial charge on any atom is -0.477 e. The van der Waals surface area contributed by atoms with Crippen LogP contribution >= 0.6 is 27.5 Å². The number of fused-ring (bicyclic) bond motifs is 1. The van der Waals surface area contributed by atoms with Crippen molar-refractivity contribution in [1.29, 1.82) is 0 Å². The van der Waals surface area contributed by atoms with Crippen LogP contribution in [0.1, 0.15) is 34.6 Å². The van der Waals surface area contributed by atoms with E-state index in [0.29, 0.717) is 20.7 Å². The number of rotatable bonds is 6. The van der Waals surface area contributed by atoms with E-state index in [1.165, 1.54) is 15.8 Å². The van der Waals surface area contributed by atoms with Crippen LogP contribution in [0.5, 0.6) is 0 Å². The number of halogens is 2. The Morgan fingerprint density at radius 2 is 1.81 bits per heavy atom. The molecule has 37 heavy (non-hydrogen) atoms. The zero-order valence-electron chi connectivity index (χ0n) is 19.7. The monoisotopic (exact) mass is 578 g/mol. The van der Waals surface area contributed by atoms with Gasteiger partial charge in [-0.15, -0.1) is 5.10 Å². The van der Waals surface area contributed by atoms with Gasteiger partial charge in [-0.1, -0.05) is 23.7 Å². The minimum absolute atomic E-state index is 0.0462. The zero-order valence-corrected chi connectivity index (χ0v) is 22.1. The van der Waals surface area contributed by atoms with Gasteiger partial charge in [0.05, 0.1) is 16.9 Å².